The zero-order valence-electron chi connectivity index (χ0n) is 8.47. The molecule has 8 heteroatoms. The second-order valence-electron chi connectivity index (χ2n) is 2.95. The van der Waals surface area contributed by atoms with E-state index >= 15 is 0 Å². The van der Waals surface area contributed by atoms with Crippen molar-refractivity contribution in [1.29, 1.82) is 0 Å². The Hall–Kier alpha value is -1.67. The van der Waals surface area contributed by atoms with E-state index in [1.807, 2.05) is 0 Å². The van der Waals surface area contributed by atoms with E-state index in [0.717, 1.165) is 0 Å². The summed E-state index contributed by atoms with van der Waals surface area (Å²) in [7, 11) is -3.70. The zero-order valence-corrected chi connectivity index (χ0v) is 9.28. The normalized spacial score (nSPS) is 16.9. The van der Waals surface area contributed by atoms with Gasteiger partial charge in [0.15, 0.2) is 0 Å². The Kier molecular flexibility index (Phi) is 2.75. The first-order valence-corrected chi connectivity index (χ1v) is 6.01. The molecule has 1 aromatic heterocycles. The molecule has 2 N–H and O–H groups in total. The van der Waals surface area contributed by atoms with Crippen molar-refractivity contribution >= 4 is 21.7 Å². The number of hydroxylamine groups is 1. The monoisotopic (exact) mass is 242 g/mol. The number of fused-ring (bicyclic) bond motifs is 1. The molecule has 0 unspecified atom stereocenters. The Bertz CT molecular complexity index is 526. The van der Waals surface area contributed by atoms with Crippen LogP contribution in [0.3, 0.4) is 0 Å². The Morgan fingerprint density at radius 2 is 2.38 bits per heavy atom. The maximum Gasteiger partial charge on any atom is 0.289 e. The molecule has 2 heterocycles. The average molecular weight is 242 g/mol. The summed E-state index contributed by atoms with van der Waals surface area (Å²) in [5.74, 6) is 0.0422. The largest absolute Gasteiger partial charge is 0.322 e. The van der Waals surface area contributed by atoms with Crippen LogP contribution >= 0.6 is 0 Å². The fraction of sp³-hybridized carbons (Fsp3) is 0.250. The van der Waals surface area contributed by atoms with Crippen LogP contribution in [0.2, 0.25) is 0 Å². The molecule has 0 bridgehead atoms. The second kappa shape index (κ2) is 4.06. The number of rotatable bonds is 2. The van der Waals surface area contributed by atoms with Gasteiger partial charge < -0.3 is 5.32 Å². The summed E-state index contributed by atoms with van der Waals surface area (Å²) in [6, 6.07) is 1.55. The van der Waals surface area contributed by atoms with Crippen LogP contribution in [-0.2, 0) is 14.9 Å². The lowest BCUT2D eigenvalue weighted by molar-refractivity contribution is 0.0969. The molecule has 2 rings (SSSR count). The molecule has 0 aromatic carbocycles. The first-order chi connectivity index (χ1) is 7.63. The van der Waals surface area contributed by atoms with Gasteiger partial charge in [-0.25, -0.2) is 5.48 Å². The van der Waals surface area contributed by atoms with E-state index in [9.17, 15) is 8.42 Å². The lowest BCUT2D eigenvalue weighted by Gasteiger charge is -2.17. The highest BCUT2D eigenvalue weighted by Gasteiger charge is 2.24. The number of sulfonamides is 1. The Labute approximate surface area is 92.6 Å². The van der Waals surface area contributed by atoms with Crippen molar-refractivity contribution in [2.75, 3.05) is 11.9 Å². The highest BCUT2D eigenvalue weighted by atomic mass is 32.2. The maximum absolute atomic E-state index is 11.7. The second-order valence-corrected chi connectivity index (χ2v) is 4.52. The number of aromatic nitrogens is 1. The number of nitrogens with zero attached hydrogens (tertiary/aromatic N) is 2. The van der Waals surface area contributed by atoms with Gasteiger partial charge in [-0.2, -0.15) is 8.42 Å². The molecule has 7 nitrogen and oxygen atoms in total. The van der Waals surface area contributed by atoms with Gasteiger partial charge in [0.25, 0.3) is 10.0 Å². The summed E-state index contributed by atoms with van der Waals surface area (Å²) in [5.41, 5.74) is 2.83. The molecule has 0 fully saturated rings. The van der Waals surface area contributed by atoms with Crippen molar-refractivity contribution in [1.82, 2.24) is 10.5 Å². The number of hydrogen-bond acceptors (Lipinski definition) is 6. The van der Waals surface area contributed by atoms with Crippen LogP contribution in [0.15, 0.2) is 27.8 Å². The lowest BCUT2D eigenvalue weighted by atomic mass is 10.4. The first kappa shape index (κ1) is 10.8. The zero-order chi connectivity index (χ0) is 11.6. The number of nitrogens with one attached hydrogen (secondary N) is 2. The Morgan fingerprint density at radius 3 is 3.12 bits per heavy atom. The quantitative estimate of drug-likeness (QED) is 0.714. The van der Waals surface area contributed by atoms with Gasteiger partial charge >= 0.3 is 0 Å². The van der Waals surface area contributed by atoms with Gasteiger partial charge in [-0.05, 0) is 13.0 Å². The van der Waals surface area contributed by atoms with Crippen molar-refractivity contribution in [3.63, 3.8) is 0 Å². The van der Waals surface area contributed by atoms with Gasteiger partial charge in [0.05, 0.1) is 12.3 Å². The van der Waals surface area contributed by atoms with Crippen molar-refractivity contribution < 1.29 is 13.3 Å². The first-order valence-electron chi connectivity index (χ1n) is 4.57. The Balaban J connectivity index is 2.36. The molecule has 1 aliphatic rings. The predicted molar refractivity (Wildman–Crippen MR) is 57.2 cm³/mol. The molecular weight excluding hydrogens is 232 g/mol. The summed E-state index contributed by atoms with van der Waals surface area (Å²) >= 11 is 0. The van der Waals surface area contributed by atoms with E-state index in [4.69, 9.17) is 4.84 Å². The van der Waals surface area contributed by atoms with E-state index in [1.165, 1.54) is 12.4 Å². The van der Waals surface area contributed by atoms with Crippen LogP contribution in [0.1, 0.15) is 6.92 Å². The molecule has 0 saturated carbocycles. The van der Waals surface area contributed by atoms with E-state index < -0.39 is 10.0 Å². The molecule has 16 heavy (non-hydrogen) atoms. The van der Waals surface area contributed by atoms with Crippen molar-refractivity contribution in [3.05, 3.63) is 18.5 Å². The van der Waals surface area contributed by atoms with Gasteiger partial charge in [-0.15, -0.1) is 4.40 Å². The van der Waals surface area contributed by atoms with Crippen molar-refractivity contribution in [2.45, 2.75) is 11.8 Å². The minimum Gasteiger partial charge on any atom is -0.322 e. The highest BCUT2D eigenvalue weighted by Crippen LogP contribution is 2.24. The van der Waals surface area contributed by atoms with Gasteiger partial charge in [0.2, 0.25) is 5.96 Å². The summed E-state index contributed by atoms with van der Waals surface area (Å²) in [4.78, 5) is 8.65. The smallest absolute Gasteiger partial charge is 0.289 e. The minimum absolute atomic E-state index is 0.0422. The molecular formula is C8H10N4O3S. The minimum atomic E-state index is -3.70. The van der Waals surface area contributed by atoms with Crippen LogP contribution in [0.4, 0.5) is 5.69 Å². The molecule has 0 aliphatic carbocycles. The molecule has 0 spiro atoms. The van der Waals surface area contributed by atoms with Gasteiger partial charge in [-0.1, -0.05) is 0 Å². The van der Waals surface area contributed by atoms with E-state index in [1.54, 1.807) is 13.0 Å². The summed E-state index contributed by atoms with van der Waals surface area (Å²) < 4.78 is 26.9. The molecule has 1 aliphatic heterocycles. The summed E-state index contributed by atoms with van der Waals surface area (Å²) in [6.07, 6.45) is 2.74. The van der Waals surface area contributed by atoms with Crippen LogP contribution in [0.5, 0.6) is 0 Å². The van der Waals surface area contributed by atoms with Gasteiger partial charge in [0.1, 0.15) is 4.90 Å². The molecule has 0 amide bonds. The van der Waals surface area contributed by atoms with E-state index in [2.05, 4.69) is 20.2 Å². The van der Waals surface area contributed by atoms with Gasteiger partial charge in [0, 0.05) is 12.4 Å². The SMILES string of the molecule is CCONC1=NS(=O)(=O)c2cnccc2N1. The number of anilines is 1. The molecule has 1 aromatic rings. The van der Waals surface area contributed by atoms with Crippen LogP contribution < -0.4 is 10.8 Å². The Morgan fingerprint density at radius 1 is 1.56 bits per heavy atom. The molecule has 0 radical (unpaired) electrons. The fourth-order valence-corrected chi connectivity index (χ4v) is 2.21. The third-order valence-electron chi connectivity index (χ3n) is 1.84. The van der Waals surface area contributed by atoms with Crippen molar-refractivity contribution in [3.8, 4) is 0 Å². The number of guanidine groups is 1. The standard InChI is InChI=1S/C8H10N4O3S/c1-2-15-11-8-10-6-3-4-9-5-7(6)16(13,14)12-8/h3-5H,2H2,1H3,(H2,10,11,12). The third kappa shape index (κ3) is 1.97. The number of pyridine rings is 1. The predicted octanol–water partition coefficient (Wildman–Crippen LogP) is 0.0929. The van der Waals surface area contributed by atoms with Crippen LogP contribution in [0.25, 0.3) is 0 Å². The maximum atomic E-state index is 11.7. The summed E-state index contributed by atoms with van der Waals surface area (Å²) in [6.45, 7) is 2.16. The number of hydrogen-bond donors (Lipinski definition) is 2. The molecule has 0 saturated heterocycles. The van der Waals surface area contributed by atoms with E-state index in [-0.39, 0.29) is 10.9 Å². The van der Waals surface area contributed by atoms with Crippen LogP contribution in [0, 0.1) is 0 Å². The summed E-state index contributed by atoms with van der Waals surface area (Å²) in [5, 5.41) is 2.78. The topological polar surface area (TPSA) is 92.7 Å². The highest BCUT2D eigenvalue weighted by molar-refractivity contribution is 7.90. The van der Waals surface area contributed by atoms with Crippen LogP contribution in [-0.4, -0.2) is 26.0 Å². The average Bonchev–Trinajstić information content (AvgIpc) is 2.25. The van der Waals surface area contributed by atoms with Crippen molar-refractivity contribution in [2.24, 2.45) is 4.40 Å². The molecule has 86 valence electrons. The van der Waals surface area contributed by atoms with Gasteiger partial charge in [-0.3, -0.25) is 9.82 Å². The van der Waals surface area contributed by atoms with E-state index in [0.29, 0.717) is 12.3 Å². The fourth-order valence-electron chi connectivity index (χ4n) is 1.19. The lowest BCUT2D eigenvalue weighted by Crippen LogP contribution is -2.34. The molecule has 0 atom stereocenters. The third-order valence-corrected chi connectivity index (χ3v) is 3.14.